The van der Waals surface area contributed by atoms with Gasteiger partial charge in [-0.3, -0.25) is 4.79 Å². The summed E-state index contributed by atoms with van der Waals surface area (Å²) in [6, 6.07) is 0.159. The Bertz CT molecular complexity index is 464. The van der Waals surface area contributed by atoms with E-state index in [1.165, 1.54) is 6.20 Å². The Morgan fingerprint density at radius 1 is 1.45 bits per heavy atom. The van der Waals surface area contributed by atoms with Crippen molar-refractivity contribution in [3.05, 3.63) is 17.7 Å². The summed E-state index contributed by atoms with van der Waals surface area (Å²) in [4.78, 5) is 22.7. The van der Waals surface area contributed by atoms with Gasteiger partial charge in [-0.2, -0.15) is 11.8 Å². The van der Waals surface area contributed by atoms with E-state index in [1.54, 1.807) is 23.7 Å². The largest absolute Gasteiger partial charge is 0.396 e. The summed E-state index contributed by atoms with van der Waals surface area (Å²) in [7, 11) is 1.80. The zero-order valence-corrected chi connectivity index (χ0v) is 13.7. The Morgan fingerprint density at radius 2 is 2.10 bits per heavy atom. The topological polar surface area (TPSA) is 72.1 Å². The zero-order chi connectivity index (χ0) is 15.3. The minimum atomic E-state index is -0.139. The van der Waals surface area contributed by atoms with Crippen LogP contribution >= 0.6 is 11.8 Å². The summed E-state index contributed by atoms with van der Waals surface area (Å²) in [5.74, 6) is 1.70. The van der Waals surface area contributed by atoms with Crippen LogP contribution in [0, 0.1) is 0 Å². The third kappa shape index (κ3) is 4.10. The number of amides is 1. The fraction of sp³-hybridized carbons (Fsp3) is 0.643. The Balaban J connectivity index is 2.93. The lowest BCUT2D eigenvalue weighted by Crippen LogP contribution is -2.36. The number of nitrogens with two attached hydrogens (primary N) is 1. The lowest BCUT2D eigenvalue weighted by molar-refractivity contribution is 0.0736. The minimum absolute atomic E-state index is 0.139. The van der Waals surface area contributed by atoms with E-state index in [4.69, 9.17) is 5.73 Å². The fourth-order valence-electron chi connectivity index (χ4n) is 1.70. The van der Waals surface area contributed by atoms with Crippen molar-refractivity contribution in [1.82, 2.24) is 14.9 Å². The monoisotopic (exact) mass is 296 g/mol. The van der Waals surface area contributed by atoms with Crippen LogP contribution in [0.3, 0.4) is 0 Å². The molecule has 1 aromatic rings. The molecule has 2 N–H and O–H groups in total. The van der Waals surface area contributed by atoms with E-state index in [-0.39, 0.29) is 17.9 Å². The number of hydrogen-bond acceptors (Lipinski definition) is 5. The molecular weight excluding hydrogens is 272 g/mol. The van der Waals surface area contributed by atoms with Gasteiger partial charge in [-0.05, 0) is 25.4 Å². The molecule has 0 spiro atoms. The van der Waals surface area contributed by atoms with Crippen molar-refractivity contribution >= 4 is 23.4 Å². The standard InChI is InChI=1S/C14H24N4OS/c1-9(2)13-16-8-11(15)12(17-13)14(19)18(4)10(3)6-7-20-5/h8-10H,6-7,15H2,1-5H3. The predicted molar refractivity (Wildman–Crippen MR) is 85.1 cm³/mol. The van der Waals surface area contributed by atoms with Crippen molar-refractivity contribution in [2.75, 3.05) is 24.8 Å². The van der Waals surface area contributed by atoms with Crippen LogP contribution < -0.4 is 5.73 Å². The molecule has 1 aromatic heterocycles. The summed E-state index contributed by atoms with van der Waals surface area (Å²) in [6.07, 6.45) is 4.53. The first-order valence-electron chi connectivity index (χ1n) is 6.77. The maximum absolute atomic E-state index is 12.5. The molecule has 1 rings (SSSR count). The van der Waals surface area contributed by atoms with E-state index in [2.05, 4.69) is 16.2 Å². The van der Waals surface area contributed by atoms with Gasteiger partial charge < -0.3 is 10.6 Å². The number of hydrogen-bond donors (Lipinski definition) is 1. The first-order valence-corrected chi connectivity index (χ1v) is 8.16. The molecule has 0 bridgehead atoms. The molecule has 20 heavy (non-hydrogen) atoms. The number of thioether (sulfide) groups is 1. The van der Waals surface area contributed by atoms with Gasteiger partial charge >= 0.3 is 0 Å². The van der Waals surface area contributed by atoms with Crippen LogP contribution in [0.4, 0.5) is 5.69 Å². The summed E-state index contributed by atoms with van der Waals surface area (Å²) in [6.45, 7) is 6.02. The summed E-state index contributed by atoms with van der Waals surface area (Å²) in [5, 5.41) is 0. The van der Waals surface area contributed by atoms with Gasteiger partial charge in [0.15, 0.2) is 5.69 Å². The molecule has 0 saturated heterocycles. The zero-order valence-electron chi connectivity index (χ0n) is 12.9. The molecule has 0 aliphatic heterocycles. The van der Waals surface area contributed by atoms with Gasteiger partial charge in [-0.25, -0.2) is 9.97 Å². The van der Waals surface area contributed by atoms with Gasteiger partial charge in [0, 0.05) is 19.0 Å². The van der Waals surface area contributed by atoms with Crippen LogP contribution in [0.2, 0.25) is 0 Å². The van der Waals surface area contributed by atoms with Crippen LogP contribution in [0.5, 0.6) is 0 Å². The molecule has 0 aromatic carbocycles. The first-order chi connectivity index (χ1) is 9.38. The number of nitrogens with zero attached hydrogens (tertiary/aromatic N) is 3. The van der Waals surface area contributed by atoms with Crippen LogP contribution in [0.25, 0.3) is 0 Å². The van der Waals surface area contributed by atoms with Gasteiger partial charge in [0.25, 0.3) is 5.91 Å². The van der Waals surface area contributed by atoms with Gasteiger partial charge in [0.2, 0.25) is 0 Å². The molecule has 0 aliphatic rings. The molecule has 1 atom stereocenters. The summed E-state index contributed by atoms with van der Waals surface area (Å²) < 4.78 is 0. The Morgan fingerprint density at radius 3 is 2.65 bits per heavy atom. The van der Waals surface area contributed by atoms with Crippen LogP contribution in [0.15, 0.2) is 6.20 Å². The highest BCUT2D eigenvalue weighted by Crippen LogP contribution is 2.17. The Kier molecular flexibility index (Phi) is 6.26. The molecule has 1 heterocycles. The van der Waals surface area contributed by atoms with E-state index in [1.807, 2.05) is 20.8 Å². The maximum Gasteiger partial charge on any atom is 0.274 e. The number of carbonyl (C=O) groups excluding carboxylic acids is 1. The van der Waals surface area contributed by atoms with Gasteiger partial charge in [0.1, 0.15) is 5.82 Å². The first kappa shape index (κ1) is 16.8. The number of carbonyl (C=O) groups is 1. The molecule has 1 unspecified atom stereocenters. The van der Waals surface area contributed by atoms with Crippen molar-refractivity contribution in [3.63, 3.8) is 0 Å². The highest BCUT2D eigenvalue weighted by Gasteiger charge is 2.22. The quantitative estimate of drug-likeness (QED) is 0.872. The minimum Gasteiger partial charge on any atom is -0.396 e. The van der Waals surface area contributed by atoms with Crippen molar-refractivity contribution in [1.29, 1.82) is 0 Å². The number of rotatable bonds is 6. The smallest absolute Gasteiger partial charge is 0.274 e. The maximum atomic E-state index is 12.5. The molecule has 5 nitrogen and oxygen atoms in total. The molecular formula is C14H24N4OS. The molecule has 0 saturated carbocycles. The third-order valence-corrected chi connectivity index (χ3v) is 3.92. The van der Waals surface area contributed by atoms with Gasteiger partial charge in [-0.15, -0.1) is 0 Å². The van der Waals surface area contributed by atoms with Crippen molar-refractivity contribution < 1.29 is 4.79 Å². The second-order valence-electron chi connectivity index (χ2n) is 5.23. The molecule has 6 heteroatoms. The molecule has 0 aliphatic carbocycles. The Hall–Kier alpha value is -1.30. The van der Waals surface area contributed by atoms with E-state index < -0.39 is 0 Å². The number of nitrogen functional groups attached to an aromatic ring is 1. The van der Waals surface area contributed by atoms with E-state index in [0.717, 1.165) is 12.2 Å². The van der Waals surface area contributed by atoms with Crippen molar-refractivity contribution in [2.45, 2.75) is 39.2 Å². The third-order valence-electron chi connectivity index (χ3n) is 3.28. The second kappa shape index (κ2) is 7.47. The average molecular weight is 296 g/mol. The van der Waals surface area contributed by atoms with Crippen LogP contribution in [0.1, 0.15) is 49.4 Å². The highest BCUT2D eigenvalue weighted by molar-refractivity contribution is 7.98. The molecule has 0 fully saturated rings. The SMILES string of the molecule is CSCCC(C)N(C)C(=O)c1nc(C(C)C)ncc1N. The summed E-state index contributed by atoms with van der Waals surface area (Å²) >= 11 is 1.78. The Labute approximate surface area is 125 Å². The lowest BCUT2D eigenvalue weighted by atomic mass is 10.2. The van der Waals surface area contributed by atoms with Crippen LogP contribution in [-0.4, -0.2) is 45.9 Å². The predicted octanol–water partition coefficient (Wildman–Crippen LogP) is 2.40. The normalized spacial score (nSPS) is 12.5. The molecule has 0 radical (unpaired) electrons. The number of aromatic nitrogens is 2. The second-order valence-corrected chi connectivity index (χ2v) is 6.22. The lowest BCUT2D eigenvalue weighted by Gasteiger charge is -2.25. The van der Waals surface area contributed by atoms with Crippen LogP contribution in [-0.2, 0) is 0 Å². The van der Waals surface area contributed by atoms with Gasteiger partial charge in [-0.1, -0.05) is 13.8 Å². The molecule has 112 valence electrons. The summed E-state index contributed by atoms with van der Waals surface area (Å²) in [5.41, 5.74) is 6.50. The van der Waals surface area contributed by atoms with Crippen molar-refractivity contribution in [3.8, 4) is 0 Å². The van der Waals surface area contributed by atoms with E-state index in [9.17, 15) is 4.79 Å². The van der Waals surface area contributed by atoms with E-state index >= 15 is 0 Å². The average Bonchev–Trinajstić information content (AvgIpc) is 2.43. The van der Waals surface area contributed by atoms with Crippen molar-refractivity contribution in [2.24, 2.45) is 0 Å². The fourth-order valence-corrected chi connectivity index (χ4v) is 2.28. The van der Waals surface area contributed by atoms with Gasteiger partial charge in [0.05, 0.1) is 11.9 Å². The highest BCUT2D eigenvalue weighted by atomic mass is 32.2. The van der Waals surface area contributed by atoms with E-state index in [0.29, 0.717) is 17.2 Å². The molecule has 1 amide bonds. The number of anilines is 1.